The van der Waals surface area contributed by atoms with Crippen LogP contribution in [0.15, 0.2) is 51.4 Å². The van der Waals surface area contributed by atoms with E-state index in [1.165, 1.54) is 10.1 Å². The maximum absolute atomic E-state index is 9.62. The highest BCUT2D eigenvalue weighted by molar-refractivity contribution is 9.11. The molecule has 0 fully saturated rings. The van der Waals surface area contributed by atoms with Crippen LogP contribution in [0.1, 0.15) is 72.4 Å². The monoisotopic (exact) mass is 514 g/mol. The van der Waals surface area contributed by atoms with E-state index in [2.05, 4.69) is 46.5 Å². The van der Waals surface area contributed by atoms with Gasteiger partial charge in [0.1, 0.15) is 6.29 Å². The van der Waals surface area contributed by atoms with E-state index in [4.69, 9.17) is 23.2 Å². The van der Waals surface area contributed by atoms with Crippen LogP contribution in [0.4, 0.5) is 0 Å². The van der Waals surface area contributed by atoms with Crippen LogP contribution in [-0.2, 0) is 4.79 Å². The van der Waals surface area contributed by atoms with Crippen LogP contribution in [0.25, 0.3) is 0 Å². The van der Waals surface area contributed by atoms with Gasteiger partial charge in [0.15, 0.2) is 0 Å². The zero-order chi connectivity index (χ0) is 22.8. The summed E-state index contributed by atoms with van der Waals surface area (Å²) >= 11 is 16.2. The molecule has 1 aromatic carbocycles. The Morgan fingerprint density at radius 2 is 1.90 bits per heavy atom. The second-order valence-electron chi connectivity index (χ2n) is 7.41. The highest BCUT2D eigenvalue weighted by atomic mass is 79.9. The van der Waals surface area contributed by atoms with Gasteiger partial charge in [0, 0.05) is 26.6 Å². The molecule has 3 nitrogen and oxygen atoms in total. The highest BCUT2D eigenvalue weighted by Crippen LogP contribution is 2.37. The number of aldehydes is 1. The Morgan fingerprint density at radius 1 is 1.23 bits per heavy atom. The summed E-state index contributed by atoms with van der Waals surface area (Å²) in [4.78, 5) is 9.62. The number of hydrogen-bond acceptors (Lipinski definition) is 3. The molecule has 1 atom stereocenters. The molecule has 2 N–H and O–H groups in total. The molecule has 1 aliphatic carbocycles. The van der Waals surface area contributed by atoms with E-state index >= 15 is 0 Å². The van der Waals surface area contributed by atoms with Crippen LogP contribution < -0.4 is 10.6 Å². The Hall–Kier alpha value is -1.23. The van der Waals surface area contributed by atoms with Gasteiger partial charge >= 0.3 is 0 Å². The van der Waals surface area contributed by atoms with Gasteiger partial charge in [-0.15, -0.1) is 0 Å². The first-order chi connectivity index (χ1) is 14.2. The number of allylic oxidation sites excluding steroid dienone is 3. The zero-order valence-corrected chi connectivity index (χ0v) is 21.8. The summed E-state index contributed by atoms with van der Waals surface area (Å²) < 4.78 is 1.19. The van der Waals surface area contributed by atoms with Crippen molar-refractivity contribution < 1.29 is 4.79 Å². The van der Waals surface area contributed by atoms with Crippen LogP contribution in [0.5, 0.6) is 0 Å². The minimum atomic E-state index is 0.0174. The lowest BCUT2D eigenvalue weighted by molar-refractivity contribution is -0.108. The topological polar surface area (TPSA) is 41.1 Å². The molecule has 0 spiro atoms. The van der Waals surface area contributed by atoms with Crippen LogP contribution in [0.2, 0.25) is 10.0 Å². The molecule has 6 heteroatoms. The summed E-state index contributed by atoms with van der Waals surface area (Å²) in [7, 11) is 0. The van der Waals surface area contributed by atoms with Crippen molar-refractivity contribution in [2.24, 2.45) is 5.92 Å². The Kier molecular flexibility index (Phi) is 11.8. The SMILES string of the molecule is CC.CC(C)CC=O.CC1=C(C)C(c2ccc(Cl)cc2Cl)NC2=C(Br)CCC=C2N1. The molecule has 0 bridgehead atoms. The quantitative estimate of drug-likeness (QED) is 0.400. The average Bonchev–Trinajstić information content (AvgIpc) is 2.82. The molecule has 1 aliphatic heterocycles. The van der Waals surface area contributed by atoms with Crippen LogP contribution in [-0.4, -0.2) is 6.29 Å². The summed E-state index contributed by atoms with van der Waals surface area (Å²) in [6, 6.07) is 5.68. The molecule has 166 valence electrons. The fourth-order valence-corrected chi connectivity index (χ4v) is 4.07. The molecule has 0 radical (unpaired) electrons. The van der Waals surface area contributed by atoms with Crippen molar-refractivity contribution in [3.63, 3.8) is 0 Å². The van der Waals surface area contributed by atoms with Crippen LogP contribution in [0.3, 0.4) is 0 Å². The van der Waals surface area contributed by atoms with Crippen molar-refractivity contribution in [3.05, 3.63) is 67.0 Å². The van der Waals surface area contributed by atoms with Gasteiger partial charge in [-0.1, -0.05) is 79.0 Å². The number of carbonyl (C=O) groups excluding carboxylic acids is 1. The van der Waals surface area contributed by atoms with Gasteiger partial charge in [0.2, 0.25) is 0 Å². The maximum atomic E-state index is 9.62. The molecule has 0 saturated carbocycles. The Morgan fingerprint density at radius 3 is 2.43 bits per heavy atom. The zero-order valence-electron chi connectivity index (χ0n) is 18.7. The van der Waals surface area contributed by atoms with Crippen LogP contribution >= 0.6 is 39.1 Å². The predicted octanol–water partition coefficient (Wildman–Crippen LogP) is 8.06. The number of hydrogen-bond donors (Lipinski definition) is 2. The van der Waals surface area contributed by atoms with Crippen molar-refractivity contribution >= 4 is 45.4 Å². The summed E-state index contributed by atoms with van der Waals surface area (Å²) in [6.07, 6.45) is 5.92. The minimum Gasteiger partial charge on any atom is -0.372 e. The Bertz CT molecular complexity index is 828. The average molecular weight is 516 g/mol. The first-order valence-corrected chi connectivity index (χ1v) is 12.0. The third kappa shape index (κ3) is 7.47. The van der Waals surface area contributed by atoms with Crippen molar-refractivity contribution in [2.75, 3.05) is 0 Å². The molecule has 0 amide bonds. The molecular formula is C24H33BrCl2N2O. The third-order valence-electron chi connectivity index (χ3n) is 4.73. The number of fused-ring (bicyclic) bond motifs is 1. The second kappa shape index (κ2) is 13.2. The van der Waals surface area contributed by atoms with E-state index in [1.807, 2.05) is 39.8 Å². The first kappa shape index (κ1) is 26.8. The molecule has 0 saturated heterocycles. The van der Waals surface area contributed by atoms with Gasteiger partial charge in [-0.2, -0.15) is 0 Å². The second-order valence-corrected chi connectivity index (χ2v) is 9.21. The van der Waals surface area contributed by atoms with E-state index in [0.29, 0.717) is 22.4 Å². The van der Waals surface area contributed by atoms with E-state index in [9.17, 15) is 4.79 Å². The van der Waals surface area contributed by atoms with Crippen molar-refractivity contribution in [3.8, 4) is 0 Å². The lowest BCUT2D eigenvalue weighted by Crippen LogP contribution is -2.24. The standard InChI is InChI=1S/C17H17BrCl2N2.C5H10O.C2H6/c1-9-10(2)21-15-5-3-4-13(18)17(15)22-16(9)12-7-6-11(19)8-14(12)20;1-5(2)3-4-6;1-2/h5-8,16,21-22H,3-4H2,1-2H3;4-5H,3H2,1-2H3;1-2H3. The van der Waals surface area contributed by atoms with Gasteiger partial charge in [-0.05, 0) is 55.9 Å². The molecular weight excluding hydrogens is 483 g/mol. The largest absolute Gasteiger partial charge is 0.372 e. The number of nitrogens with one attached hydrogen (secondary N) is 2. The maximum Gasteiger partial charge on any atom is 0.120 e. The molecule has 0 aromatic heterocycles. The predicted molar refractivity (Wildman–Crippen MR) is 134 cm³/mol. The number of halogens is 3. The number of carbonyl (C=O) groups is 1. The summed E-state index contributed by atoms with van der Waals surface area (Å²) in [5, 5.41) is 8.48. The summed E-state index contributed by atoms with van der Waals surface area (Å²) in [5.74, 6) is 0.530. The minimum absolute atomic E-state index is 0.0174. The first-order valence-electron chi connectivity index (χ1n) is 10.4. The lowest BCUT2D eigenvalue weighted by atomic mass is 9.98. The molecule has 1 unspecified atom stereocenters. The summed E-state index contributed by atoms with van der Waals surface area (Å²) in [5.41, 5.74) is 5.63. The molecule has 30 heavy (non-hydrogen) atoms. The van der Waals surface area contributed by atoms with Crippen molar-refractivity contribution in [1.29, 1.82) is 0 Å². The normalized spacial score (nSPS) is 17.9. The fourth-order valence-electron chi connectivity index (χ4n) is 2.99. The van der Waals surface area contributed by atoms with Gasteiger partial charge in [0.05, 0.1) is 17.4 Å². The highest BCUT2D eigenvalue weighted by Gasteiger charge is 2.26. The van der Waals surface area contributed by atoms with Gasteiger partial charge < -0.3 is 15.4 Å². The number of benzene rings is 1. The molecule has 1 heterocycles. The molecule has 3 rings (SSSR count). The van der Waals surface area contributed by atoms with E-state index in [-0.39, 0.29) is 6.04 Å². The van der Waals surface area contributed by atoms with Gasteiger partial charge in [0.25, 0.3) is 0 Å². The number of rotatable bonds is 3. The molecule has 2 aliphatic rings. The van der Waals surface area contributed by atoms with Gasteiger partial charge in [-0.25, -0.2) is 0 Å². The van der Waals surface area contributed by atoms with Crippen molar-refractivity contribution in [1.82, 2.24) is 10.6 Å². The van der Waals surface area contributed by atoms with Crippen LogP contribution in [0, 0.1) is 5.92 Å². The summed E-state index contributed by atoms with van der Waals surface area (Å²) in [6.45, 7) is 12.3. The lowest BCUT2D eigenvalue weighted by Gasteiger charge is -2.24. The van der Waals surface area contributed by atoms with Gasteiger partial charge in [-0.3, -0.25) is 0 Å². The van der Waals surface area contributed by atoms with E-state index < -0.39 is 0 Å². The third-order valence-corrected chi connectivity index (χ3v) is 6.08. The smallest absolute Gasteiger partial charge is 0.120 e. The van der Waals surface area contributed by atoms with E-state index in [1.54, 1.807) is 6.07 Å². The Labute approximate surface area is 200 Å². The van der Waals surface area contributed by atoms with Crippen molar-refractivity contribution in [2.45, 2.75) is 66.8 Å². The molecule has 1 aromatic rings. The Balaban J connectivity index is 0.000000487. The fraction of sp³-hybridized carbons (Fsp3) is 0.458. The van der Waals surface area contributed by atoms with E-state index in [0.717, 1.165) is 41.8 Å².